The zero-order valence-corrected chi connectivity index (χ0v) is 27.8. The fourth-order valence-electron chi connectivity index (χ4n) is 7.12. The smallest absolute Gasteiger partial charge is 0.468 e. The Labute approximate surface area is 284 Å². The van der Waals surface area contributed by atoms with Crippen LogP contribution in [0.15, 0.2) is 70.2 Å². The number of methoxy groups -OCH3 is 1. The largest absolute Gasteiger partial charge is 0.545 e. The van der Waals surface area contributed by atoms with E-state index >= 15 is 4.39 Å². The van der Waals surface area contributed by atoms with E-state index in [0.717, 1.165) is 6.07 Å². The molecule has 2 N–H and O–H groups in total. The van der Waals surface area contributed by atoms with Crippen LogP contribution in [0.5, 0.6) is 5.75 Å². The topological polar surface area (TPSA) is 145 Å². The summed E-state index contributed by atoms with van der Waals surface area (Å²) in [7, 11) is -3.03. The van der Waals surface area contributed by atoms with Gasteiger partial charge in [0.25, 0.3) is 11.7 Å². The van der Waals surface area contributed by atoms with Gasteiger partial charge in [-0.05, 0) is 43.0 Å². The third kappa shape index (κ3) is 4.95. The fraction of sp³-hybridized carbons (Fsp3) is 0.324. The van der Waals surface area contributed by atoms with Crippen LogP contribution in [0.25, 0.3) is 22.5 Å². The molecule has 2 aromatic heterocycles. The minimum Gasteiger partial charge on any atom is -0.468 e. The Kier molecular flexibility index (Phi) is 7.80. The first-order valence-corrected chi connectivity index (χ1v) is 17.6. The molecule has 2 fully saturated rings. The predicted octanol–water partition coefficient (Wildman–Crippen LogP) is 4.29. The van der Waals surface area contributed by atoms with Gasteiger partial charge >= 0.3 is 14.1 Å². The third-order valence-electron chi connectivity index (χ3n) is 9.48. The number of pyridine rings is 1. The van der Waals surface area contributed by atoms with E-state index in [2.05, 4.69) is 5.09 Å². The number of benzene rings is 2. The van der Waals surface area contributed by atoms with Crippen molar-refractivity contribution in [2.24, 2.45) is 0 Å². The quantitative estimate of drug-likeness (QED) is 0.200. The lowest BCUT2D eigenvalue weighted by molar-refractivity contribution is -0.144. The molecular formula is C34H32F2N4O9P+. The summed E-state index contributed by atoms with van der Waals surface area (Å²) < 4.78 is 60.8. The normalized spacial score (nSPS) is 21.1. The standard InChI is InChI=1S/C34H32F2N4O9P/c1-3-48-50(44,37-34(12-13-34)33(43)45-2)49-31-24(41)10-14-39-29(31)32(42)38-15-17-46-18-25(38)40(39)28-19-6-4-5-7-20(19)30-22(11-16-47-30)26-21(28)8-9-23(35)27(26)36/h4-11,14,16,25,28,37,44H,3,12-13,15,17-18H2,1-2H3/q+1. The van der Waals surface area contributed by atoms with Crippen LogP contribution < -0.4 is 20.0 Å². The maximum atomic E-state index is 16.0. The molecule has 13 nitrogen and oxygen atoms in total. The number of ether oxygens (including phenoxy) is 2. The highest BCUT2D eigenvalue weighted by molar-refractivity contribution is 7.59. The van der Waals surface area contributed by atoms with Gasteiger partial charge in [0.15, 0.2) is 22.9 Å². The molecule has 50 heavy (non-hydrogen) atoms. The number of halogens is 2. The first-order valence-electron chi connectivity index (χ1n) is 16.0. The summed E-state index contributed by atoms with van der Waals surface area (Å²) in [6.07, 6.45) is 2.65. The van der Waals surface area contributed by atoms with Gasteiger partial charge in [0.2, 0.25) is 5.43 Å². The molecule has 16 heteroatoms. The summed E-state index contributed by atoms with van der Waals surface area (Å²) in [5.41, 5.74) is -0.364. The number of hydrogen-bond donors (Lipinski definition) is 2. The zero-order chi connectivity index (χ0) is 34.9. The van der Waals surface area contributed by atoms with Gasteiger partial charge < -0.3 is 18.8 Å². The number of furan rings is 1. The Morgan fingerprint density at radius 2 is 1.90 bits per heavy atom. The van der Waals surface area contributed by atoms with Crippen LogP contribution in [-0.2, 0) is 18.8 Å². The van der Waals surface area contributed by atoms with Crippen LogP contribution in [0.1, 0.15) is 47.4 Å². The molecule has 1 amide bonds. The average Bonchev–Trinajstić information content (AvgIpc) is 3.76. The zero-order valence-electron chi connectivity index (χ0n) is 26.9. The summed E-state index contributed by atoms with van der Waals surface area (Å²) in [4.78, 5) is 53.9. The Hall–Kier alpha value is -4.66. The monoisotopic (exact) mass is 709 g/mol. The van der Waals surface area contributed by atoms with Crippen LogP contribution in [0, 0.1) is 11.6 Å². The van der Waals surface area contributed by atoms with Crippen molar-refractivity contribution in [3.63, 3.8) is 0 Å². The van der Waals surface area contributed by atoms with Crippen LogP contribution in [0.3, 0.4) is 0 Å². The summed E-state index contributed by atoms with van der Waals surface area (Å²) in [5.74, 6) is -3.56. The molecule has 0 radical (unpaired) electrons. The van der Waals surface area contributed by atoms with Crippen molar-refractivity contribution in [1.29, 1.82) is 0 Å². The number of fused-ring (bicyclic) bond motifs is 7. The van der Waals surface area contributed by atoms with Crippen molar-refractivity contribution in [2.45, 2.75) is 37.5 Å². The molecule has 1 saturated heterocycles. The first kappa shape index (κ1) is 32.5. The van der Waals surface area contributed by atoms with Crippen molar-refractivity contribution < 1.29 is 46.2 Å². The van der Waals surface area contributed by atoms with Crippen molar-refractivity contribution in [2.75, 3.05) is 38.5 Å². The molecule has 4 heterocycles. The Bertz CT molecular complexity index is 2100. The molecule has 4 aromatic rings. The van der Waals surface area contributed by atoms with Crippen LogP contribution in [0.4, 0.5) is 8.78 Å². The highest BCUT2D eigenvalue weighted by atomic mass is 31.2. The van der Waals surface area contributed by atoms with Gasteiger partial charge in [-0.25, -0.2) is 13.6 Å². The molecule has 2 aromatic carbocycles. The fourth-order valence-corrected chi connectivity index (χ4v) is 8.91. The number of aromatic nitrogens is 1. The average molecular weight is 710 g/mol. The number of morpholine rings is 1. The lowest BCUT2D eigenvalue weighted by atomic mass is 9.92. The van der Waals surface area contributed by atoms with E-state index < -0.39 is 60.5 Å². The van der Waals surface area contributed by atoms with E-state index in [-0.39, 0.29) is 37.6 Å². The van der Waals surface area contributed by atoms with Crippen molar-refractivity contribution in [3.8, 4) is 28.2 Å². The molecule has 0 bridgehead atoms. The molecule has 8 rings (SSSR count). The number of nitrogens with zero attached hydrogens (tertiary/aromatic N) is 3. The maximum Gasteiger partial charge on any atom is 0.545 e. The lowest BCUT2D eigenvalue weighted by Gasteiger charge is -2.51. The maximum absolute atomic E-state index is 16.0. The van der Waals surface area contributed by atoms with Gasteiger partial charge in [0.05, 0.1) is 39.2 Å². The van der Waals surface area contributed by atoms with Gasteiger partial charge in [0.1, 0.15) is 11.9 Å². The van der Waals surface area contributed by atoms with Crippen molar-refractivity contribution in [3.05, 3.63) is 99.7 Å². The minimum absolute atomic E-state index is 0.0208. The van der Waals surface area contributed by atoms with Crippen LogP contribution in [0.2, 0.25) is 0 Å². The number of carbonyl (C=O) groups excluding carboxylic acids is 2. The van der Waals surface area contributed by atoms with Gasteiger partial charge in [-0.2, -0.15) is 9.42 Å². The summed E-state index contributed by atoms with van der Waals surface area (Å²) in [5, 5.41) is 4.52. The molecule has 4 aliphatic rings. The van der Waals surface area contributed by atoms with Crippen LogP contribution >= 0.6 is 8.09 Å². The molecule has 260 valence electrons. The lowest BCUT2D eigenvalue weighted by Crippen LogP contribution is -2.66. The summed E-state index contributed by atoms with van der Waals surface area (Å²) in [6, 6.07) is 11.6. The van der Waals surface area contributed by atoms with E-state index in [0.29, 0.717) is 40.9 Å². The molecule has 2 aliphatic carbocycles. The van der Waals surface area contributed by atoms with Crippen LogP contribution in [-0.4, -0.2) is 71.5 Å². The SMILES string of the molecule is CCO[P+](O)(NC1(C(=O)OC)CC1)Oc1c2n(ccc1=O)N(C1c3ccccc3-c3occc3-c3c1ccc(F)c3F)C1COCCN1C2=O. The second kappa shape index (κ2) is 12.0. The Morgan fingerprint density at radius 3 is 2.66 bits per heavy atom. The minimum atomic E-state index is -4.24. The number of amides is 1. The Morgan fingerprint density at radius 1 is 1.10 bits per heavy atom. The number of rotatable bonds is 8. The van der Waals surface area contributed by atoms with Gasteiger partial charge in [-0.3, -0.25) is 23.8 Å². The number of esters is 1. The number of nitrogens with one attached hydrogen (secondary N) is 1. The van der Waals surface area contributed by atoms with E-state index in [9.17, 15) is 23.7 Å². The molecule has 3 atom stereocenters. The predicted molar refractivity (Wildman–Crippen MR) is 174 cm³/mol. The molecule has 1 saturated carbocycles. The summed E-state index contributed by atoms with van der Waals surface area (Å²) >= 11 is 0. The molecule has 0 spiro atoms. The van der Waals surface area contributed by atoms with E-state index in [1.807, 2.05) is 12.1 Å². The highest BCUT2D eigenvalue weighted by Crippen LogP contribution is 2.58. The highest BCUT2D eigenvalue weighted by Gasteiger charge is 2.63. The van der Waals surface area contributed by atoms with E-state index in [1.54, 1.807) is 30.1 Å². The molecular weight excluding hydrogens is 677 g/mol. The van der Waals surface area contributed by atoms with E-state index in [4.69, 9.17) is 22.9 Å². The van der Waals surface area contributed by atoms with Gasteiger partial charge in [0, 0.05) is 35.5 Å². The Balaban J connectivity index is 1.35. The molecule has 3 unspecified atom stereocenters. The van der Waals surface area contributed by atoms with E-state index in [1.165, 1.54) is 41.3 Å². The van der Waals surface area contributed by atoms with Crippen molar-refractivity contribution in [1.82, 2.24) is 14.7 Å². The van der Waals surface area contributed by atoms with Crippen molar-refractivity contribution >= 4 is 20.0 Å². The van der Waals surface area contributed by atoms with Gasteiger partial charge in [-0.1, -0.05) is 35.4 Å². The third-order valence-corrected chi connectivity index (χ3v) is 11.2. The van der Waals surface area contributed by atoms with Gasteiger partial charge in [-0.15, -0.1) is 0 Å². The first-order chi connectivity index (χ1) is 24.1. The second-order valence-electron chi connectivity index (χ2n) is 12.3. The second-order valence-corrected chi connectivity index (χ2v) is 14.0. The molecule has 2 aliphatic heterocycles. The number of hydrogen-bond acceptors (Lipinski definition) is 11. The number of carbonyl (C=O) groups is 2. The summed E-state index contributed by atoms with van der Waals surface area (Å²) in [6.45, 7) is 1.88.